The highest BCUT2D eigenvalue weighted by atomic mass is 35.5. The van der Waals surface area contributed by atoms with Crippen molar-refractivity contribution in [3.8, 4) is 11.5 Å². The number of hydrogen-bond acceptors (Lipinski definition) is 3. The number of ether oxygens (including phenoxy) is 2. The number of halogens is 2. The minimum atomic E-state index is -0.342. The molecule has 1 atom stereocenters. The summed E-state index contributed by atoms with van der Waals surface area (Å²) in [6.07, 6.45) is 0. The Labute approximate surface area is 149 Å². The Bertz CT molecular complexity index is 767. The summed E-state index contributed by atoms with van der Waals surface area (Å²) in [4.78, 5) is 12.2. The Kier molecular flexibility index (Phi) is 5.02. The molecule has 24 heavy (non-hydrogen) atoms. The molecule has 0 unspecified atom stereocenters. The van der Waals surface area contributed by atoms with Crippen LogP contribution in [0.2, 0.25) is 10.0 Å². The van der Waals surface area contributed by atoms with Gasteiger partial charge >= 0.3 is 6.03 Å². The average Bonchev–Trinajstić information content (AvgIpc) is 2.54. The smallest absolute Gasteiger partial charge is 0.319 e. The number of hydrogen-bond donors (Lipinski definition) is 2. The predicted octanol–water partition coefficient (Wildman–Crippen LogP) is 4.65. The standard InChI is InChI=1S/C17H16Cl2N2O3/c1-10(13-4-2-11(18)8-14(13)19)20-17(22)21-12-3-5-15-16(9-12)24-7-6-23-15/h2-5,8-10H,6-7H2,1H3,(H2,20,21,22)/t10-/m0/s1. The lowest BCUT2D eigenvalue weighted by atomic mass is 10.1. The van der Waals surface area contributed by atoms with Gasteiger partial charge in [-0.1, -0.05) is 29.3 Å². The number of urea groups is 1. The van der Waals surface area contributed by atoms with Crippen molar-refractivity contribution < 1.29 is 14.3 Å². The van der Waals surface area contributed by atoms with Gasteiger partial charge < -0.3 is 20.1 Å². The molecule has 0 aliphatic carbocycles. The van der Waals surface area contributed by atoms with Crippen LogP contribution in [0.25, 0.3) is 0 Å². The minimum Gasteiger partial charge on any atom is -0.486 e. The average molecular weight is 367 g/mol. The van der Waals surface area contributed by atoms with Gasteiger partial charge in [0.15, 0.2) is 11.5 Å². The molecule has 2 aromatic carbocycles. The predicted molar refractivity (Wildman–Crippen MR) is 94.5 cm³/mol. The minimum absolute atomic E-state index is 0.271. The molecule has 1 heterocycles. The van der Waals surface area contributed by atoms with Crippen molar-refractivity contribution in [1.29, 1.82) is 0 Å². The zero-order chi connectivity index (χ0) is 17.1. The first-order valence-electron chi connectivity index (χ1n) is 7.45. The Morgan fingerprint density at radius 1 is 1.08 bits per heavy atom. The molecule has 5 nitrogen and oxygen atoms in total. The van der Waals surface area contributed by atoms with Crippen molar-refractivity contribution in [1.82, 2.24) is 5.32 Å². The van der Waals surface area contributed by atoms with Crippen molar-refractivity contribution >= 4 is 34.9 Å². The maximum absolute atomic E-state index is 12.2. The summed E-state index contributed by atoms with van der Waals surface area (Å²) in [5.74, 6) is 1.29. The second-order valence-electron chi connectivity index (χ2n) is 5.34. The Morgan fingerprint density at radius 2 is 1.83 bits per heavy atom. The van der Waals surface area contributed by atoms with E-state index >= 15 is 0 Å². The van der Waals surface area contributed by atoms with Crippen LogP contribution in [-0.2, 0) is 0 Å². The first-order chi connectivity index (χ1) is 11.5. The van der Waals surface area contributed by atoms with Crippen LogP contribution >= 0.6 is 23.2 Å². The Morgan fingerprint density at radius 3 is 2.58 bits per heavy atom. The van der Waals surface area contributed by atoms with Crippen LogP contribution in [0.3, 0.4) is 0 Å². The highest BCUT2D eigenvalue weighted by Gasteiger charge is 2.15. The fraction of sp³-hybridized carbons (Fsp3) is 0.235. The highest BCUT2D eigenvalue weighted by molar-refractivity contribution is 6.35. The molecule has 2 N–H and O–H groups in total. The fourth-order valence-electron chi connectivity index (χ4n) is 2.42. The molecule has 0 spiro atoms. The van der Waals surface area contributed by atoms with Gasteiger partial charge in [-0.25, -0.2) is 4.79 Å². The van der Waals surface area contributed by atoms with E-state index in [1.165, 1.54) is 0 Å². The summed E-state index contributed by atoms with van der Waals surface area (Å²) in [5, 5.41) is 6.67. The van der Waals surface area contributed by atoms with E-state index < -0.39 is 0 Å². The number of rotatable bonds is 3. The second kappa shape index (κ2) is 7.20. The SMILES string of the molecule is C[C@H](NC(=O)Nc1ccc2c(c1)OCCO2)c1ccc(Cl)cc1Cl. The maximum Gasteiger partial charge on any atom is 0.319 e. The van der Waals surface area contributed by atoms with E-state index in [-0.39, 0.29) is 12.1 Å². The van der Waals surface area contributed by atoms with Gasteiger partial charge in [0.25, 0.3) is 0 Å². The molecular formula is C17H16Cl2N2O3. The maximum atomic E-state index is 12.2. The van der Waals surface area contributed by atoms with Crippen LogP contribution in [0, 0.1) is 0 Å². The van der Waals surface area contributed by atoms with Gasteiger partial charge in [0.1, 0.15) is 13.2 Å². The monoisotopic (exact) mass is 366 g/mol. The van der Waals surface area contributed by atoms with Crippen LogP contribution in [0.4, 0.5) is 10.5 Å². The number of fused-ring (bicyclic) bond motifs is 1. The number of amides is 2. The normalized spacial score (nSPS) is 14.0. The fourth-order valence-corrected chi connectivity index (χ4v) is 2.99. The molecule has 0 radical (unpaired) electrons. The molecule has 0 bridgehead atoms. The topological polar surface area (TPSA) is 59.6 Å². The van der Waals surface area contributed by atoms with E-state index in [0.717, 1.165) is 5.56 Å². The molecule has 1 aliphatic heterocycles. The molecular weight excluding hydrogens is 351 g/mol. The lowest BCUT2D eigenvalue weighted by Gasteiger charge is -2.20. The molecule has 1 aliphatic rings. The van der Waals surface area contributed by atoms with E-state index in [1.807, 2.05) is 6.92 Å². The van der Waals surface area contributed by atoms with Gasteiger partial charge in [-0.05, 0) is 36.8 Å². The van der Waals surface area contributed by atoms with Crippen molar-refractivity contribution in [3.63, 3.8) is 0 Å². The van der Waals surface area contributed by atoms with E-state index in [4.69, 9.17) is 32.7 Å². The summed E-state index contributed by atoms with van der Waals surface area (Å²) in [6, 6.07) is 9.82. The molecule has 0 saturated heterocycles. The van der Waals surface area contributed by atoms with Crippen LogP contribution < -0.4 is 20.1 Å². The van der Waals surface area contributed by atoms with Crippen LogP contribution in [-0.4, -0.2) is 19.2 Å². The summed E-state index contributed by atoms with van der Waals surface area (Å²) >= 11 is 12.0. The lowest BCUT2D eigenvalue weighted by Crippen LogP contribution is -2.31. The number of benzene rings is 2. The highest BCUT2D eigenvalue weighted by Crippen LogP contribution is 2.32. The van der Waals surface area contributed by atoms with Gasteiger partial charge in [0.2, 0.25) is 0 Å². The molecule has 3 rings (SSSR count). The summed E-state index contributed by atoms with van der Waals surface area (Å²) in [6.45, 7) is 2.87. The van der Waals surface area contributed by atoms with Gasteiger partial charge in [-0.2, -0.15) is 0 Å². The number of carbonyl (C=O) groups excluding carboxylic acids is 1. The van der Waals surface area contributed by atoms with Crippen molar-refractivity contribution in [2.75, 3.05) is 18.5 Å². The Balaban J connectivity index is 1.65. The number of anilines is 1. The van der Waals surface area contributed by atoms with Crippen molar-refractivity contribution in [2.24, 2.45) is 0 Å². The summed E-state index contributed by atoms with van der Waals surface area (Å²) in [5.41, 5.74) is 1.41. The second-order valence-corrected chi connectivity index (χ2v) is 6.19. The number of nitrogens with one attached hydrogen (secondary N) is 2. The zero-order valence-electron chi connectivity index (χ0n) is 12.9. The van der Waals surface area contributed by atoms with Gasteiger partial charge in [-0.3, -0.25) is 0 Å². The molecule has 126 valence electrons. The lowest BCUT2D eigenvalue weighted by molar-refractivity contribution is 0.171. The van der Waals surface area contributed by atoms with E-state index in [0.29, 0.717) is 40.4 Å². The number of carbonyl (C=O) groups is 1. The van der Waals surface area contributed by atoms with Gasteiger partial charge in [0.05, 0.1) is 6.04 Å². The molecule has 2 amide bonds. The largest absolute Gasteiger partial charge is 0.486 e. The third-order valence-corrected chi connectivity index (χ3v) is 4.14. The molecule has 0 fully saturated rings. The van der Waals surface area contributed by atoms with Gasteiger partial charge in [-0.15, -0.1) is 0 Å². The first kappa shape index (κ1) is 16.7. The first-order valence-corrected chi connectivity index (χ1v) is 8.20. The summed E-state index contributed by atoms with van der Waals surface area (Å²) in [7, 11) is 0. The third-order valence-electron chi connectivity index (χ3n) is 3.58. The van der Waals surface area contributed by atoms with E-state index in [1.54, 1.807) is 36.4 Å². The molecule has 7 heteroatoms. The van der Waals surface area contributed by atoms with Crippen molar-refractivity contribution in [3.05, 3.63) is 52.0 Å². The molecule has 0 aromatic heterocycles. The van der Waals surface area contributed by atoms with Crippen molar-refractivity contribution in [2.45, 2.75) is 13.0 Å². The van der Waals surface area contributed by atoms with Crippen LogP contribution in [0.5, 0.6) is 11.5 Å². The van der Waals surface area contributed by atoms with Crippen LogP contribution in [0.1, 0.15) is 18.5 Å². The summed E-state index contributed by atoms with van der Waals surface area (Å²) < 4.78 is 10.9. The van der Waals surface area contributed by atoms with Crippen LogP contribution in [0.15, 0.2) is 36.4 Å². The van der Waals surface area contributed by atoms with E-state index in [2.05, 4.69) is 10.6 Å². The van der Waals surface area contributed by atoms with Gasteiger partial charge in [0, 0.05) is 21.8 Å². The Hall–Kier alpha value is -2.11. The van der Waals surface area contributed by atoms with E-state index in [9.17, 15) is 4.79 Å². The molecule has 2 aromatic rings. The quantitative estimate of drug-likeness (QED) is 0.831. The third kappa shape index (κ3) is 3.86. The zero-order valence-corrected chi connectivity index (χ0v) is 14.4. The molecule has 0 saturated carbocycles.